The topological polar surface area (TPSA) is 61.8 Å². The van der Waals surface area contributed by atoms with E-state index in [1.165, 1.54) is 0 Å². The van der Waals surface area contributed by atoms with E-state index in [0.717, 1.165) is 25.9 Å². The van der Waals surface area contributed by atoms with Gasteiger partial charge < -0.3 is 15.2 Å². The van der Waals surface area contributed by atoms with Gasteiger partial charge >= 0.3 is 5.97 Å². The second-order valence-electron chi connectivity index (χ2n) is 5.84. The first-order chi connectivity index (χ1) is 8.40. The van der Waals surface area contributed by atoms with Crippen LogP contribution in [0, 0.1) is 0 Å². The molecule has 1 aliphatic heterocycles. The molecule has 0 aromatic rings. The minimum absolute atomic E-state index is 0.155. The number of nitrogens with one attached hydrogen (secondary N) is 1. The number of aliphatic hydroxyl groups is 1. The van der Waals surface area contributed by atoms with Crippen molar-refractivity contribution in [1.82, 2.24) is 10.2 Å². The van der Waals surface area contributed by atoms with Gasteiger partial charge in [-0.05, 0) is 40.2 Å². The number of hydrogen-bond acceptors (Lipinski definition) is 5. The van der Waals surface area contributed by atoms with Crippen LogP contribution in [0.5, 0.6) is 0 Å². The summed E-state index contributed by atoms with van der Waals surface area (Å²) in [4.78, 5) is 13.8. The lowest BCUT2D eigenvalue weighted by Gasteiger charge is -2.33. The summed E-state index contributed by atoms with van der Waals surface area (Å²) in [6.45, 7) is 8.56. The third-order valence-electron chi connectivity index (χ3n) is 2.82. The first kappa shape index (κ1) is 15.4. The smallest absolute Gasteiger partial charge is 0.320 e. The van der Waals surface area contributed by atoms with Gasteiger partial charge in [0, 0.05) is 19.1 Å². The third-order valence-corrected chi connectivity index (χ3v) is 2.82. The van der Waals surface area contributed by atoms with Crippen LogP contribution in [0.25, 0.3) is 0 Å². The number of nitrogens with zero attached hydrogens (tertiary/aromatic N) is 1. The van der Waals surface area contributed by atoms with Crippen molar-refractivity contribution in [3.8, 4) is 0 Å². The Morgan fingerprint density at radius 2 is 2.22 bits per heavy atom. The lowest BCUT2D eigenvalue weighted by Crippen LogP contribution is -2.48. The van der Waals surface area contributed by atoms with Crippen molar-refractivity contribution in [2.75, 3.05) is 32.8 Å². The summed E-state index contributed by atoms with van der Waals surface area (Å²) in [6.07, 6.45) is 2.18. The Hall–Kier alpha value is -0.650. The average molecular weight is 258 g/mol. The molecule has 106 valence electrons. The highest BCUT2D eigenvalue weighted by atomic mass is 16.6. The Bertz CT molecular complexity index is 263. The quantitative estimate of drug-likeness (QED) is 0.698. The maximum Gasteiger partial charge on any atom is 0.320 e. The number of piperidine rings is 1. The minimum atomic E-state index is -0.415. The lowest BCUT2D eigenvalue weighted by atomic mass is 10.1. The molecule has 1 heterocycles. The Labute approximate surface area is 109 Å². The molecule has 1 rings (SSSR count). The largest absolute Gasteiger partial charge is 0.459 e. The molecule has 0 bridgehead atoms. The van der Waals surface area contributed by atoms with Crippen LogP contribution >= 0.6 is 0 Å². The van der Waals surface area contributed by atoms with E-state index in [1.807, 2.05) is 20.8 Å². The van der Waals surface area contributed by atoms with Crippen LogP contribution in [0.2, 0.25) is 0 Å². The average Bonchev–Trinajstić information content (AvgIpc) is 2.24. The minimum Gasteiger partial charge on any atom is -0.459 e. The van der Waals surface area contributed by atoms with Crippen molar-refractivity contribution in [3.05, 3.63) is 0 Å². The normalized spacial score (nSPS) is 21.9. The Kier molecular flexibility index (Phi) is 6.05. The van der Waals surface area contributed by atoms with E-state index in [1.54, 1.807) is 0 Å². The van der Waals surface area contributed by atoms with Crippen LogP contribution in [0.4, 0.5) is 0 Å². The number of ether oxygens (including phenoxy) is 1. The molecule has 1 unspecified atom stereocenters. The Morgan fingerprint density at radius 1 is 1.50 bits per heavy atom. The number of carbonyl (C=O) groups excluding carboxylic acids is 1. The van der Waals surface area contributed by atoms with Gasteiger partial charge in [-0.15, -0.1) is 0 Å². The molecule has 1 atom stereocenters. The van der Waals surface area contributed by atoms with Crippen LogP contribution in [0.15, 0.2) is 0 Å². The number of rotatable bonds is 5. The van der Waals surface area contributed by atoms with Gasteiger partial charge in [0.2, 0.25) is 0 Å². The van der Waals surface area contributed by atoms with Gasteiger partial charge in [-0.2, -0.15) is 0 Å². The monoisotopic (exact) mass is 258 g/mol. The van der Waals surface area contributed by atoms with E-state index >= 15 is 0 Å². The number of likely N-dealkylation sites (tertiary alicyclic amines) is 1. The summed E-state index contributed by atoms with van der Waals surface area (Å²) in [6, 6.07) is 0.369. The summed E-state index contributed by atoms with van der Waals surface area (Å²) < 4.78 is 5.32. The second kappa shape index (κ2) is 7.07. The molecule has 0 amide bonds. The molecule has 0 saturated carbocycles. The van der Waals surface area contributed by atoms with Crippen LogP contribution in [0.3, 0.4) is 0 Å². The van der Waals surface area contributed by atoms with Crippen molar-refractivity contribution in [3.63, 3.8) is 0 Å². The second-order valence-corrected chi connectivity index (χ2v) is 5.84. The molecular weight excluding hydrogens is 232 g/mol. The van der Waals surface area contributed by atoms with Crippen LogP contribution in [0.1, 0.15) is 33.6 Å². The standard InChI is InChI=1S/C13H26N2O3/c1-13(2,3)18-12(17)10-15-7-4-5-11(9-15)14-6-8-16/h11,14,16H,4-10H2,1-3H3. The zero-order valence-electron chi connectivity index (χ0n) is 11.7. The van der Waals surface area contributed by atoms with E-state index < -0.39 is 5.60 Å². The van der Waals surface area contributed by atoms with E-state index in [0.29, 0.717) is 19.1 Å². The van der Waals surface area contributed by atoms with Crippen LogP contribution < -0.4 is 5.32 Å². The van der Waals surface area contributed by atoms with Gasteiger partial charge in [0.25, 0.3) is 0 Å². The summed E-state index contributed by atoms with van der Waals surface area (Å²) in [5, 5.41) is 12.1. The van der Waals surface area contributed by atoms with Crippen molar-refractivity contribution < 1.29 is 14.6 Å². The van der Waals surface area contributed by atoms with Crippen molar-refractivity contribution in [2.45, 2.75) is 45.3 Å². The molecule has 1 aliphatic rings. The van der Waals surface area contributed by atoms with E-state index in [2.05, 4.69) is 10.2 Å². The number of carbonyl (C=O) groups is 1. The molecule has 0 aromatic heterocycles. The molecule has 0 aromatic carbocycles. The van der Waals surface area contributed by atoms with Gasteiger partial charge in [0.05, 0.1) is 13.2 Å². The maximum atomic E-state index is 11.7. The molecule has 0 spiro atoms. The summed E-state index contributed by atoms with van der Waals surface area (Å²) in [7, 11) is 0. The van der Waals surface area contributed by atoms with Gasteiger partial charge in [-0.25, -0.2) is 0 Å². The molecule has 2 N–H and O–H groups in total. The Morgan fingerprint density at radius 3 is 2.83 bits per heavy atom. The fraction of sp³-hybridized carbons (Fsp3) is 0.923. The molecule has 5 nitrogen and oxygen atoms in total. The third kappa shape index (κ3) is 6.33. The number of hydrogen-bond donors (Lipinski definition) is 2. The highest BCUT2D eigenvalue weighted by molar-refractivity contribution is 5.72. The molecular formula is C13H26N2O3. The SMILES string of the molecule is CC(C)(C)OC(=O)CN1CCCC(NCCO)C1. The summed E-state index contributed by atoms with van der Waals surface area (Å²) in [5.74, 6) is -0.162. The maximum absolute atomic E-state index is 11.7. The fourth-order valence-electron chi connectivity index (χ4n) is 2.19. The van der Waals surface area contributed by atoms with Gasteiger partial charge in [-0.3, -0.25) is 9.69 Å². The number of aliphatic hydroxyl groups excluding tert-OH is 1. The molecule has 1 fully saturated rings. The lowest BCUT2D eigenvalue weighted by molar-refractivity contribution is -0.156. The van der Waals surface area contributed by atoms with E-state index in [4.69, 9.17) is 9.84 Å². The molecule has 0 aliphatic carbocycles. The van der Waals surface area contributed by atoms with Crippen molar-refractivity contribution in [2.24, 2.45) is 0 Å². The van der Waals surface area contributed by atoms with Gasteiger partial charge in [0.1, 0.15) is 5.60 Å². The molecule has 18 heavy (non-hydrogen) atoms. The first-order valence-corrected chi connectivity index (χ1v) is 6.69. The zero-order valence-corrected chi connectivity index (χ0v) is 11.7. The molecule has 1 saturated heterocycles. The predicted octanol–water partition coefficient (Wildman–Crippen LogP) is 0.374. The molecule has 5 heteroatoms. The van der Waals surface area contributed by atoms with Crippen LogP contribution in [-0.4, -0.2) is 60.4 Å². The van der Waals surface area contributed by atoms with Crippen molar-refractivity contribution >= 4 is 5.97 Å². The fourth-order valence-corrected chi connectivity index (χ4v) is 2.19. The van der Waals surface area contributed by atoms with E-state index in [-0.39, 0.29) is 12.6 Å². The number of esters is 1. The highest BCUT2D eigenvalue weighted by Crippen LogP contribution is 2.12. The summed E-state index contributed by atoms with van der Waals surface area (Å²) in [5.41, 5.74) is -0.415. The predicted molar refractivity (Wildman–Crippen MR) is 70.4 cm³/mol. The highest BCUT2D eigenvalue weighted by Gasteiger charge is 2.23. The first-order valence-electron chi connectivity index (χ1n) is 6.69. The van der Waals surface area contributed by atoms with Gasteiger partial charge in [-0.1, -0.05) is 0 Å². The summed E-state index contributed by atoms with van der Waals surface area (Å²) >= 11 is 0. The van der Waals surface area contributed by atoms with Crippen LogP contribution in [-0.2, 0) is 9.53 Å². The van der Waals surface area contributed by atoms with E-state index in [9.17, 15) is 4.79 Å². The van der Waals surface area contributed by atoms with Gasteiger partial charge in [0.15, 0.2) is 0 Å². The molecule has 0 radical (unpaired) electrons. The Balaban J connectivity index is 2.31. The van der Waals surface area contributed by atoms with Crippen molar-refractivity contribution in [1.29, 1.82) is 0 Å². The zero-order chi connectivity index (χ0) is 13.6.